The Labute approximate surface area is 272 Å². The summed E-state index contributed by atoms with van der Waals surface area (Å²) < 4.78 is 58.8. The zero-order chi connectivity index (χ0) is 33.7. The zero-order valence-electron chi connectivity index (χ0n) is 25.9. The van der Waals surface area contributed by atoms with Crippen molar-refractivity contribution >= 4 is 43.6 Å². The predicted octanol–water partition coefficient (Wildman–Crippen LogP) is 8.32. The molecule has 2 fully saturated rings. The summed E-state index contributed by atoms with van der Waals surface area (Å²) in [4.78, 5) is 2.83. The van der Waals surface area contributed by atoms with Crippen LogP contribution in [0.5, 0.6) is 0 Å². The number of nitrogens with zero attached hydrogens (tertiary/aromatic N) is 5. The topological polar surface area (TPSA) is 125 Å². The lowest BCUT2D eigenvalue weighted by molar-refractivity contribution is 0.0606. The predicted molar refractivity (Wildman–Crippen MR) is 177 cm³/mol. The summed E-state index contributed by atoms with van der Waals surface area (Å²) >= 11 is 0. The third-order valence-electron chi connectivity index (χ3n) is 9.97. The molecule has 2 aromatic heterocycles. The molecule has 6 aromatic rings. The Balaban J connectivity index is 0.000000152. The van der Waals surface area contributed by atoms with Gasteiger partial charge in [0, 0.05) is 54.6 Å². The lowest BCUT2D eigenvalue weighted by atomic mass is 9.88. The number of aliphatic hydroxyl groups is 2. The van der Waals surface area contributed by atoms with Gasteiger partial charge in [0.25, 0.3) is 0 Å². The van der Waals surface area contributed by atoms with E-state index in [1.165, 1.54) is 48.5 Å². The van der Waals surface area contributed by atoms with Crippen LogP contribution in [0.25, 0.3) is 54.1 Å². The van der Waals surface area contributed by atoms with Gasteiger partial charge in [-0.1, -0.05) is 11.5 Å². The van der Waals surface area contributed by atoms with E-state index in [2.05, 4.69) is 10.0 Å². The number of benzene rings is 4. The number of aromatic nitrogens is 2. The number of aliphatic hydroxyl groups excluding tert-OH is 2. The molecule has 0 aliphatic heterocycles. The van der Waals surface area contributed by atoms with Gasteiger partial charge in [0.15, 0.2) is 0 Å². The minimum absolute atomic E-state index is 0.185. The average molecular weight is 659 g/mol. The molecular formula is C36H34F4N6O2. The van der Waals surface area contributed by atoms with Crippen LogP contribution in [-0.2, 0) is 0 Å². The van der Waals surface area contributed by atoms with E-state index < -0.39 is 29.9 Å². The minimum atomic E-state index is -0.849. The summed E-state index contributed by atoms with van der Waals surface area (Å²) in [6, 6.07) is 16.5. The van der Waals surface area contributed by atoms with E-state index in [0.717, 1.165) is 47.8 Å². The van der Waals surface area contributed by atoms with Crippen LogP contribution in [0.15, 0.2) is 77.9 Å². The molecule has 2 saturated carbocycles. The van der Waals surface area contributed by atoms with Gasteiger partial charge in [-0.15, -0.1) is 0 Å². The molecule has 2 aliphatic carbocycles. The summed E-state index contributed by atoms with van der Waals surface area (Å²) in [6.45, 7) is 0. The molecule has 0 saturated heterocycles. The first-order valence-electron chi connectivity index (χ1n) is 16.1. The van der Waals surface area contributed by atoms with Gasteiger partial charge in [0.05, 0.1) is 30.3 Å². The van der Waals surface area contributed by atoms with Gasteiger partial charge in [0.2, 0.25) is 0 Å². The first-order chi connectivity index (χ1) is 23.2. The zero-order valence-corrected chi connectivity index (χ0v) is 25.9. The molecular weight excluding hydrogens is 624 g/mol. The third kappa shape index (κ3) is 5.54. The maximum Gasteiger partial charge on any atom is 0.123 e. The second kappa shape index (κ2) is 12.8. The van der Waals surface area contributed by atoms with Crippen molar-refractivity contribution in [3.8, 4) is 0 Å². The van der Waals surface area contributed by atoms with E-state index in [1.807, 2.05) is 9.13 Å². The Kier molecular flexibility index (Phi) is 8.51. The molecule has 4 aromatic carbocycles. The van der Waals surface area contributed by atoms with Crippen molar-refractivity contribution in [3.05, 3.63) is 107 Å². The van der Waals surface area contributed by atoms with E-state index in [9.17, 15) is 27.8 Å². The molecule has 0 spiro atoms. The monoisotopic (exact) mass is 658 g/mol. The summed E-state index contributed by atoms with van der Waals surface area (Å²) in [5, 5.41) is 27.5. The van der Waals surface area contributed by atoms with E-state index in [0.29, 0.717) is 34.4 Å². The van der Waals surface area contributed by atoms with Gasteiger partial charge < -0.3 is 25.1 Å². The molecule has 248 valence electrons. The quantitative estimate of drug-likeness (QED) is 0.0766. The first-order valence-corrected chi connectivity index (χ1v) is 16.1. The fraction of sp³-hybridized carbons (Fsp3) is 0.333. The Morgan fingerprint density at radius 3 is 1.38 bits per heavy atom. The summed E-state index contributed by atoms with van der Waals surface area (Å²) in [5.41, 5.74) is 17.8. The molecule has 8 nitrogen and oxygen atoms in total. The van der Waals surface area contributed by atoms with Gasteiger partial charge in [0.1, 0.15) is 23.3 Å². The lowest BCUT2D eigenvalue weighted by Gasteiger charge is -2.34. The summed E-state index contributed by atoms with van der Waals surface area (Å²) in [6.07, 6.45) is 3.12. The maximum absolute atomic E-state index is 13.7. The van der Waals surface area contributed by atoms with Gasteiger partial charge >= 0.3 is 0 Å². The van der Waals surface area contributed by atoms with Crippen molar-refractivity contribution in [1.29, 1.82) is 0 Å². The van der Waals surface area contributed by atoms with E-state index >= 15 is 0 Å². The molecule has 3 unspecified atom stereocenters. The standard InChI is InChI=1S/C18H16F2N4O.C18H18F2N2O/c19-10-4-6-15-12(8-10)13-9-11(20)5-7-16(13)24(15)17-3-1-2-14(18(17)25)22-23-21;19-10-4-6-15-12(8-10)13-9-11(20)5-7-16(13)22(15)17-3-1-2-14(21)18(17)23/h4-9,14,17-18,25H,1-3H2;4-9,14,17-18,23H,1-3,21H2/t;14-,17+,18+/m.0/s1. The van der Waals surface area contributed by atoms with Crippen LogP contribution in [0.1, 0.15) is 50.6 Å². The van der Waals surface area contributed by atoms with Gasteiger partial charge in [-0.05, 0) is 110 Å². The van der Waals surface area contributed by atoms with Crippen LogP contribution in [0.2, 0.25) is 0 Å². The number of hydrogen-bond acceptors (Lipinski definition) is 4. The Bertz CT molecular complexity index is 2090. The molecule has 2 heterocycles. The van der Waals surface area contributed by atoms with E-state index in [-0.39, 0.29) is 29.8 Å². The van der Waals surface area contributed by atoms with Crippen LogP contribution in [-0.4, -0.2) is 43.6 Å². The average Bonchev–Trinajstić information content (AvgIpc) is 3.55. The van der Waals surface area contributed by atoms with Crippen LogP contribution in [0.3, 0.4) is 0 Å². The number of halogens is 4. The number of hydrogen-bond donors (Lipinski definition) is 3. The van der Waals surface area contributed by atoms with Crippen molar-refractivity contribution in [1.82, 2.24) is 9.13 Å². The van der Waals surface area contributed by atoms with Gasteiger partial charge in [-0.2, -0.15) is 0 Å². The van der Waals surface area contributed by atoms with Crippen molar-refractivity contribution in [2.45, 2.75) is 74.9 Å². The fourth-order valence-electron chi connectivity index (χ4n) is 7.79. The van der Waals surface area contributed by atoms with Crippen LogP contribution >= 0.6 is 0 Å². The molecule has 8 rings (SSSR count). The third-order valence-corrected chi connectivity index (χ3v) is 9.97. The number of azide groups is 1. The Morgan fingerprint density at radius 2 is 0.979 bits per heavy atom. The highest BCUT2D eigenvalue weighted by molar-refractivity contribution is 6.09. The second-order valence-corrected chi connectivity index (χ2v) is 12.8. The highest BCUT2D eigenvalue weighted by Gasteiger charge is 2.35. The number of rotatable bonds is 3. The molecule has 0 radical (unpaired) electrons. The van der Waals surface area contributed by atoms with Gasteiger partial charge in [-0.25, -0.2) is 17.6 Å². The molecule has 0 bridgehead atoms. The van der Waals surface area contributed by atoms with Crippen molar-refractivity contribution in [2.75, 3.05) is 0 Å². The summed E-state index contributed by atoms with van der Waals surface area (Å²) in [7, 11) is 0. The van der Waals surface area contributed by atoms with Gasteiger partial charge in [-0.3, -0.25) is 0 Å². The van der Waals surface area contributed by atoms with E-state index in [1.54, 1.807) is 24.3 Å². The smallest absolute Gasteiger partial charge is 0.123 e. The minimum Gasteiger partial charge on any atom is -0.391 e. The van der Waals surface area contributed by atoms with E-state index in [4.69, 9.17) is 11.3 Å². The Morgan fingerprint density at radius 1 is 0.604 bits per heavy atom. The van der Waals surface area contributed by atoms with Crippen LogP contribution < -0.4 is 5.73 Å². The maximum atomic E-state index is 13.7. The van der Waals surface area contributed by atoms with Crippen LogP contribution in [0, 0.1) is 23.3 Å². The van der Waals surface area contributed by atoms with Crippen molar-refractivity contribution < 1.29 is 27.8 Å². The Hall–Kier alpha value is -4.61. The molecule has 2 aliphatic rings. The molecule has 6 atom stereocenters. The lowest BCUT2D eigenvalue weighted by Crippen LogP contribution is -2.44. The highest BCUT2D eigenvalue weighted by atomic mass is 19.1. The number of nitrogens with two attached hydrogens (primary N) is 1. The van der Waals surface area contributed by atoms with Crippen molar-refractivity contribution in [3.63, 3.8) is 0 Å². The molecule has 48 heavy (non-hydrogen) atoms. The SMILES string of the molecule is N[C@H]1CCC[C@@H](n2c3ccc(F)cc3c3cc(F)ccc32)[C@@H]1O.[N-]=[N+]=NC1CCCC(n2c3ccc(F)cc3c3cc(F)ccc32)C1O. The highest BCUT2D eigenvalue weighted by Crippen LogP contribution is 2.40. The largest absolute Gasteiger partial charge is 0.391 e. The first kappa shape index (κ1) is 32.0. The van der Waals surface area contributed by atoms with Crippen molar-refractivity contribution in [2.24, 2.45) is 10.8 Å². The number of fused-ring (bicyclic) bond motifs is 6. The van der Waals surface area contributed by atoms with Crippen LogP contribution in [0.4, 0.5) is 17.6 Å². The molecule has 0 amide bonds. The molecule has 4 N–H and O–H groups in total. The molecule has 12 heteroatoms. The second-order valence-electron chi connectivity index (χ2n) is 12.8. The fourth-order valence-corrected chi connectivity index (χ4v) is 7.79. The summed E-state index contributed by atoms with van der Waals surface area (Å²) in [5.74, 6) is -1.51. The normalized spacial score (nSPS) is 24.5.